The second kappa shape index (κ2) is 9.21. The predicted octanol–water partition coefficient (Wildman–Crippen LogP) is 10.6. The van der Waals surface area contributed by atoms with Gasteiger partial charge in [0.2, 0.25) is 6.29 Å². The third-order valence-electron chi connectivity index (χ3n) is 11.1. The molecule has 228 valence electrons. The fourth-order valence-corrected chi connectivity index (χ4v) is 8.99. The van der Waals surface area contributed by atoms with Crippen LogP contribution in [0.3, 0.4) is 0 Å². The summed E-state index contributed by atoms with van der Waals surface area (Å²) in [4.78, 5) is 5.50. The molecule has 1 saturated heterocycles. The molecule has 0 saturated carbocycles. The van der Waals surface area contributed by atoms with Crippen molar-refractivity contribution in [2.24, 2.45) is 4.99 Å². The predicted molar refractivity (Wildman–Crippen MR) is 197 cm³/mol. The summed E-state index contributed by atoms with van der Waals surface area (Å²) in [7, 11) is 0. The molecule has 2 aliphatic heterocycles. The number of fused-ring (bicyclic) bond motifs is 12. The molecule has 0 spiro atoms. The van der Waals surface area contributed by atoms with Crippen molar-refractivity contribution < 1.29 is 0 Å². The van der Waals surface area contributed by atoms with Crippen molar-refractivity contribution in [3.8, 4) is 11.1 Å². The maximum absolute atomic E-state index is 5.50. The van der Waals surface area contributed by atoms with Crippen LogP contribution in [0, 0.1) is 0 Å². The van der Waals surface area contributed by atoms with Gasteiger partial charge in [-0.05, 0) is 67.6 Å². The molecular weight excluding hydrogens is 585 g/mol. The Morgan fingerprint density at radius 3 is 1.92 bits per heavy atom. The van der Waals surface area contributed by atoms with Gasteiger partial charge in [0.05, 0.1) is 11.0 Å². The number of hydrazine groups is 1. The van der Waals surface area contributed by atoms with Gasteiger partial charge in [-0.25, -0.2) is 4.99 Å². The number of nitrogens with zero attached hydrogens (tertiary/aromatic N) is 4. The molecule has 3 heterocycles. The zero-order chi connectivity index (χ0) is 31.7. The summed E-state index contributed by atoms with van der Waals surface area (Å²) < 4.78 is 2.49. The summed E-state index contributed by atoms with van der Waals surface area (Å²) in [6, 6.07) is 53.3. The van der Waals surface area contributed by atoms with Crippen molar-refractivity contribution in [1.29, 1.82) is 0 Å². The highest BCUT2D eigenvalue weighted by Crippen LogP contribution is 2.58. The normalized spacial score (nSPS) is 20.3. The van der Waals surface area contributed by atoms with E-state index in [1.165, 1.54) is 71.2 Å². The van der Waals surface area contributed by atoms with Gasteiger partial charge in [-0.15, -0.1) is 5.01 Å². The van der Waals surface area contributed by atoms with Gasteiger partial charge in [0, 0.05) is 21.8 Å². The van der Waals surface area contributed by atoms with Crippen molar-refractivity contribution in [1.82, 2.24) is 14.6 Å². The first kappa shape index (κ1) is 26.4. The Hall–Kier alpha value is -5.71. The van der Waals surface area contributed by atoms with Crippen molar-refractivity contribution in [3.63, 3.8) is 0 Å². The topological polar surface area (TPSA) is 23.3 Å². The fourth-order valence-electron chi connectivity index (χ4n) is 8.99. The van der Waals surface area contributed by atoms with Crippen LogP contribution in [0.5, 0.6) is 0 Å². The van der Waals surface area contributed by atoms with Crippen molar-refractivity contribution in [2.45, 2.75) is 31.7 Å². The fraction of sp³-hybridized carbons (Fsp3) is 0.114. The molecule has 3 atom stereocenters. The molecule has 48 heavy (non-hydrogen) atoms. The van der Waals surface area contributed by atoms with Crippen LogP contribution >= 0.6 is 0 Å². The SMILES string of the molecule is CC1(C)c2cc3c4ccccc4n(C4N=C(c5ccccc5)N5C(c6ccccc6)N45)c3cc2-c2c1c1ccccc1c1ccccc21. The molecule has 4 heteroatoms. The summed E-state index contributed by atoms with van der Waals surface area (Å²) in [5.74, 6) is 1.02. The van der Waals surface area contributed by atoms with E-state index >= 15 is 0 Å². The van der Waals surface area contributed by atoms with Gasteiger partial charge >= 0.3 is 0 Å². The van der Waals surface area contributed by atoms with Crippen LogP contribution in [-0.4, -0.2) is 20.4 Å². The van der Waals surface area contributed by atoms with Crippen molar-refractivity contribution >= 4 is 49.2 Å². The van der Waals surface area contributed by atoms with Crippen LogP contribution in [0.15, 0.2) is 151 Å². The molecule has 11 rings (SSSR count). The number of benzene rings is 7. The van der Waals surface area contributed by atoms with E-state index in [0.717, 1.165) is 11.4 Å². The van der Waals surface area contributed by atoms with E-state index in [2.05, 4.69) is 174 Å². The minimum Gasteiger partial charge on any atom is -0.304 e. The number of para-hydroxylation sites is 1. The van der Waals surface area contributed by atoms with Gasteiger partial charge in [0.15, 0.2) is 5.84 Å². The van der Waals surface area contributed by atoms with E-state index in [1.54, 1.807) is 0 Å². The van der Waals surface area contributed by atoms with Crippen molar-refractivity contribution in [2.75, 3.05) is 0 Å². The number of amidine groups is 1. The van der Waals surface area contributed by atoms with E-state index in [0.29, 0.717) is 0 Å². The zero-order valence-electron chi connectivity index (χ0n) is 26.8. The molecule has 3 aliphatic rings. The first-order valence-corrected chi connectivity index (χ1v) is 16.9. The number of aromatic nitrogens is 1. The van der Waals surface area contributed by atoms with Gasteiger partial charge in [0.25, 0.3) is 0 Å². The number of rotatable bonds is 3. The smallest absolute Gasteiger partial charge is 0.204 e. The van der Waals surface area contributed by atoms with Crippen LogP contribution in [-0.2, 0) is 5.41 Å². The average Bonchev–Trinajstić information content (AvgIpc) is 3.51. The first-order valence-electron chi connectivity index (χ1n) is 16.9. The largest absolute Gasteiger partial charge is 0.304 e. The molecule has 1 aromatic heterocycles. The molecule has 8 aromatic rings. The number of aliphatic imine (C=N–C) groups is 1. The molecule has 0 amide bonds. The highest BCUT2D eigenvalue weighted by Gasteiger charge is 2.58. The molecule has 0 N–H and O–H groups in total. The Kier molecular flexibility index (Phi) is 5.06. The van der Waals surface area contributed by atoms with E-state index < -0.39 is 0 Å². The third kappa shape index (κ3) is 3.30. The molecule has 1 fully saturated rings. The van der Waals surface area contributed by atoms with Gasteiger partial charge in [0.1, 0.15) is 6.17 Å². The minimum absolute atomic E-state index is 0.129. The van der Waals surface area contributed by atoms with Gasteiger partial charge < -0.3 is 4.57 Å². The number of hydrogen-bond donors (Lipinski definition) is 0. The van der Waals surface area contributed by atoms with Gasteiger partial charge in [-0.1, -0.05) is 141 Å². The maximum atomic E-state index is 5.50. The monoisotopic (exact) mass is 616 g/mol. The molecule has 0 bridgehead atoms. The molecular formula is C44H32N4. The lowest BCUT2D eigenvalue weighted by Crippen LogP contribution is -2.16. The van der Waals surface area contributed by atoms with E-state index in [9.17, 15) is 0 Å². The summed E-state index contributed by atoms with van der Waals surface area (Å²) in [5, 5.41) is 12.7. The molecule has 3 unspecified atom stereocenters. The van der Waals surface area contributed by atoms with E-state index in [4.69, 9.17) is 4.99 Å². The molecule has 4 nitrogen and oxygen atoms in total. The second-order valence-electron chi connectivity index (χ2n) is 13.9. The molecule has 1 aliphatic carbocycles. The Labute approximate surface area is 278 Å². The molecule has 7 aromatic carbocycles. The first-order chi connectivity index (χ1) is 23.6. The lowest BCUT2D eigenvalue weighted by molar-refractivity contribution is 0.269. The minimum atomic E-state index is -0.215. The van der Waals surface area contributed by atoms with Gasteiger partial charge in [-0.3, -0.25) is 5.01 Å². The standard InChI is InChI=1S/C44H32N4/c1-44(2)36-25-34-31-21-13-14-24-37(31)46(43-45-41(27-15-5-3-6-16-27)47-42(48(43)47)28-17-7-4-8-18-28)38(34)26-35(36)39-32-22-11-9-19-29(32)30-20-10-12-23-33(30)40(39)44/h3-26,42-43H,1-2H3. The van der Waals surface area contributed by atoms with Crippen molar-refractivity contribution in [3.05, 3.63) is 168 Å². The number of hydrogen-bond acceptors (Lipinski definition) is 3. The highest BCUT2D eigenvalue weighted by molar-refractivity contribution is 6.20. The van der Waals surface area contributed by atoms with E-state index in [1.807, 2.05) is 0 Å². The summed E-state index contributed by atoms with van der Waals surface area (Å²) in [6.07, 6.45) is -0.0855. The Balaban J connectivity index is 1.21. The van der Waals surface area contributed by atoms with Crippen LogP contribution < -0.4 is 0 Å². The lowest BCUT2D eigenvalue weighted by Gasteiger charge is -2.24. The third-order valence-corrected chi connectivity index (χ3v) is 11.1. The Morgan fingerprint density at radius 1 is 0.562 bits per heavy atom. The van der Waals surface area contributed by atoms with Crippen LogP contribution in [0.4, 0.5) is 0 Å². The summed E-state index contributed by atoms with van der Waals surface area (Å²) >= 11 is 0. The van der Waals surface area contributed by atoms with Crippen LogP contribution in [0.2, 0.25) is 0 Å². The summed E-state index contributed by atoms with van der Waals surface area (Å²) in [5.41, 5.74) is 10.2. The zero-order valence-corrected chi connectivity index (χ0v) is 26.8. The van der Waals surface area contributed by atoms with E-state index in [-0.39, 0.29) is 17.9 Å². The average molecular weight is 617 g/mol. The maximum Gasteiger partial charge on any atom is 0.204 e. The molecule has 0 radical (unpaired) electrons. The lowest BCUT2D eigenvalue weighted by atomic mass is 9.79. The summed E-state index contributed by atoms with van der Waals surface area (Å²) in [6.45, 7) is 4.82. The Bertz CT molecular complexity index is 2670. The highest BCUT2D eigenvalue weighted by atomic mass is 15.9. The second-order valence-corrected chi connectivity index (χ2v) is 13.9. The van der Waals surface area contributed by atoms with Gasteiger partial charge in [-0.2, -0.15) is 0 Å². The van der Waals surface area contributed by atoms with Crippen LogP contribution in [0.25, 0.3) is 54.5 Å². The Morgan fingerprint density at radius 2 is 1.17 bits per heavy atom. The van der Waals surface area contributed by atoms with Crippen LogP contribution in [0.1, 0.15) is 48.6 Å². The quantitative estimate of drug-likeness (QED) is 0.146.